The minimum Gasteiger partial charge on any atom is -0.464 e. The van der Waals surface area contributed by atoms with Crippen molar-refractivity contribution in [2.45, 2.75) is 39.2 Å². The van der Waals surface area contributed by atoms with Gasteiger partial charge in [-0.05, 0) is 42.4 Å². The molecule has 21 heavy (non-hydrogen) atoms. The predicted octanol–water partition coefficient (Wildman–Crippen LogP) is 3.31. The molecule has 3 rings (SSSR count). The number of hydrogen-bond acceptors (Lipinski definition) is 5. The van der Waals surface area contributed by atoms with Crippen LogP contribution in [0.3, 0.4) is 0 Å². The zero-order valence-electron chi connectivity index (χ0n) is 12.3. The van der Waals surface area contributed by atoms with E-state index in [2.05, 4.69) is 23.4 Å². The van der Waals surface area contributed by atoms with Crippen molar-refractivity contribution in [2.24, 2.45) is 5.92 Å². The van der Waals surface area contributed by atoms with Gasteiger partial charge in [-0.15, -0.1) is 5.10 Å². The quantitative estimate of drug-likeness (QED) is 0.873. The molecule has 0 spiro atoms. The van der Waals surface area contributed by atoms with Gasteiger partial charge in [0.15, 0.2) is 5.69 Å². The number of rotatable bonds is 3. The van der Waals surface area contributed by atoms with Crippen molar-refractivity contribution in [2.75, 3.05) is 6.54 Å². The van der Waals surface area contributed by atoms with E-state index in [0.717, 1.165) is 37.3 Å². The molecule has 5 nitrogen and oxygen atoms in total. The summed E-state index contributed by atoms with van der Waals surface area (Å²) in [4.78, 5) is 14.5. The predicted molar refractivity (Wildman–Crippen MR) is 80.2 cm³/mol. The second-order valence-corrected chi connectivity index (χ2v) is 6.20. The van der Waals surface area contributed by atoms with Crippen molar-refractivity contribution in [3.63, 3.8) is 0 Å². The van der Waals surface area contributed by atoms with E-state index >= 15 is 0 Å². The highest BCUT2D eigenvalue weighted by Crippen LogP contribution is 2.35. The first kappa shape index (κ1) is 14.3. The lowest BCUT2D eigenvalue weighted by Crippen LogP contribution is -2.40. The summed E-state index contributed by atoms with van der Waals surface area (Å²) in [7, 11) is 0. The van der Waals surface area contributed by atoms with E-state index in [0.29, 0.717) is 11.6 Å². The molecule has 0 bridgehead atoms. The highest BCUT2D eigenvalue weighted by atomic mass is 32.1. The molecule has 2 aromatic rings. The smallest absolute Gasteiger partial charge is 0.275 e. The van der Waals surface area contributed by atoms with Gasteiger partial charge >= 0.3 is 0 Å². The number of carbonyl (C=O) groups excluding carboxylic acids is 1. The summed E-state index contributed by atoms with van der Waals surface area (Å²) in [5, 5.41) is 5.61. The van der Waals surface area contributed by atoms with Gasteiger partial charge in [0.05, 0.1) is 6.04 Å². The lowest BCUT2D eigenvalue weighted by molar-refractivity contribution is 0.0513. The fourth-order valence-corrected chi connectivity index (χ4v) is 3.25. The topological polar surface area (TPSA) is 59.2 Å². The molecule has 6 heteroatoms. The van der Waals surface area contributed by atoms with Crippen molar-refractivity contribution >= 4 is 17.4 Å². The molecular weight excluding hydrogens is 286 g/mol. The van der Waals surface area contributed by atoms with Gasteiger partial charge in [0.2, 0.25) is 0 Å². The van der Waals surface area contributed by atoms with Crippen molar-refractivity contribution in [3.8, 4) is 0 Å². The maximum Gasteiger partial charge on any atom is 0.275 e. The minimum atomic E-state index is -0.0462. The third-order valence-corrected chi connectivity index (χ3v) is 4.57. The number of nitrogens with zero attached hydrogens (tertiary/aromatic N) is 3. The molecule has 112 valence electrons. The number of furan rings is 1. The number of piperidine rings is 1. The second kappa shape index (κ2) is 5.97. The number of likely N-dealkylation sites (tertiary alicyclic amines) is 1. The number of amides is 1. The minimum absolute atomic E-state index is 0.00301. The maximum atomic E-state index is 12.6. The first-order chi connectivity index (χ1) is 10.2. The summed E-state index contributed by atoms with van der Waals surface area (Å²) in [5.74, 6) is 2.39. The first-order valence-electron chi connectivity index (χ1n) is 7.35. The molecule has 2 aromatic heterocycles. The maximum absolute atomic E-state index is 12.6. The highest BCUT2D eigenvalue weighted by molar-refractivity contribution is 7.03. The molecule has 0 radical (unpaired) electrons. The fraction of sp³-hybridized carbons (Fsp3) is 0.533. The van der Waals surface area contributed by atoms with Crippen LogP contribution in [0.4, 0.5) is 0 Å². The van der Waals surface area contributed by atoms with Crippen LogP contribution in [0.1, 0.15) is 54.7 Å². The normalized spacial score (nSPS) is 22.5. The van der Waals surface area contributed by atoms with Crippen molar-refractivity contribution in [3.05, 3.63) is 34.7 Å². The largest absolute Gasteiger partial charge is 0.464 e. The Morgan fingerprint density at radius 1 is 1.52 bits per heavy atom. The van der Waals surface area contributed by atoms with Crippen LogP contribution in [0.15, 0.2) is 21.9 Å². The summed E-state index contributed by atoms with van der Waals surface area (Å²) in [6.07, 6.45) is 2.81. The van der Waals surface area contributed by atoms with Crippen LogP contribution in [-0.4, -0.2) is 26.9 Å². The van der Waals surface area contributed by atoms with E-state index < -0.39 is 0 Å². The van der Waals surface area contributed by atoms with Gasteiger partial charge in [-0.1, -0.05) is 18.3 Å². The van der Waals surface area contributed by atoms with E-state index in [-0.39, 0.29) is 11.9 Å². The Balaban J connectivity index is 1.87. The molecule has 1 aliphatic rings. The molecule has 3 heterocycles. The SMILES string of the molecule is CCc1ccc(C2CC(C)CCN2C(=O)c2csnn2)o1. The Labute approximate surface area is 128 Å². The van der Waals surface area contributed by atoms with Crippen LogP contribution >= 0.6 is 11.5 Å². The molecule has 0 aliphatic carbocycles. The van der Waals surface area contributed by atoms with E-state index in [1.807, 2.05) is 17.0 Å². The second-order valence-electron chi connectivity index (χ2n) is 5.59. The molecular formula is C15H19N3O2S. The third-order valence-electron chi connectivity index (χ3n) is 4.06. The van der Waals surface area contributed by atoms with E-state index in [1.165, 1.54) is 11.5 Å². The fourth-order valence-electron chi connectivity index (χ4n) is 2.82. The van der Waals surface area contributed by atoms with Crippen molar-refractivity contribution in [1.29, 1.82) is 0 Å². The lowest BCUT2D eigenvalue weighted by Gasteiger charge is -2.37. The first-order valence-corrected chi connectivity index (χ1v) is 8.19. The summed E-state index contributed by atoms with van der Waals surface area (Å²) >= 11 is 1.21. The Kier molecular flexibility index (Phi) is 4.05. The van der Waals surface area contributed by atoms with Crippen LogP contribution in [0.5, 0.6) is 0 Å². The molecule has 0 N–H and O–H groups in total. The van der Waals surface area contributed by atoms with Crippen molar-refractivity contribution in [1.82, 2.24) is 14.5 Å². The Bertz CT molecular complexity index is 608. The Hall–Kier alpha value is -1.69. The van der Waals surface area contributed by atoms with Gasteiger partial charge in [0, 0.05) is 18.3 Å². The summed E-state index contributed by atoms with van der Waals surface area (Å²) < 4.78 is 9.68. The number of hydrogen-bond donors (Lipinski definition) is 0. The van der Waals surface area contributed by atoms with E-state index in [4.69, 9.17) is 4.42 Å². The average molecular weight is 305 g/mol. The molecule has 0 aromatic carbocycles. The van der Waals surface area contributed by atoms with E-state index in [9.17, 15) is 4.79 Å². The zero-order valence-corrected chi connectivity index (χ0v) is 13.1. The number of aromatic nitrogens is 2. The average Bonchev–Trinajstić information content (AvgIpc) is 3.18. The molecule has 1 fully saturated rings. The Morgan fingerprint density at radius 3 is 3.05 bits per heavy atom. The highest BCUT2D eigenvalue weighted by Gasteiger charge is 2.34. The van der Waals surface area contributed by atoms with Gasteiger partial charge in [-0.3, -0.25) is 4.79 Å². The van der Waals surface area contributed by atoms with Crippen LogP contribution in [0.25, 0.3) is 0 Å². The van der Waals surface area contributed by atoms with Crippen LogP contribution < -0.4 is 0 Å². The van der Waals surface area contributed by atoms with Crippen LogP contribution in [0, 0.1) is 5.92 Å². The van der Waals surface area contributed by atoms with Crippen LogP contribution in [0.2, 0.25) is 0 Å². The van der Waals surface area contributed by atoms with Gasteiger partial charge in [-0.25, -0.2) is 0 Å². The molecule has 2 atom stereocenters. The molecule has 1 aliphatic heterocycles. The van der Waals surface area contributed by atoms with E-state index in [1.54, 1.807) is 5.38 Å². The van der Waals surface area contributed by atoms with Gasteiger partial charge in [0.1, 0.15) is 11.5 Å². The third kappa shape index (κ3) is 2.85. The summed E-state index contributed by atoms with van der Waals surface area (Å²) in [6.45, 7) is 5.03. The van der Waals surface area contributed by atoms with Crippen molar-refractivity contribution < 1.29 is 9.21 Å². The number of aryl methyl sites for hydroxylation is 1. The Morgan fingerprint density at radius 2 is 2.38 bits per heavy atom. The molecule has 0 saturated carbocycles. The molecule has 1 amide bonds. The molecule has 2 unspecified atom stereocenters. The summed E-state index contributed by atoms with van der Waals surface area (Å²) in [5.41, 5.74) is 0.432. The number of carbonyl (C=O) groups is 1. The van der Waals surface area contributed by atoms with Gasteiger partial charge in [-0.2, -0.15) is 0 Å². The zero-order chi connectivity index (χ0) is 14.8. The standard InChI is InChI=1S/C15H19N3O2S/c1-3-11-4-5-14(20-11)13-8-10(2)6-7-18(13)15(19)12-9-21-17-16-12/h4-5,9-10,13H,3,6-8H2,1-2H3. The van der Waals surface area contributed by atoms with Crippen LogP contribution in [-0.2, 0) is 6.42 Å². The van der Waals surface area contributed by atoms with Gasteiger partial charge in [0.25, 0.3) is 5.91 Å². The van der Waals surface area contributed by atoms with Gasteiger partial charge < -0.3 is 9.32 Å². The molecule has 1 saturated heterocycles. The monoisotopic (exact) mass is 305 g/mol. The lowest BCUT2D eigenvalue weighted by atomic mass is 9.91. The summed E-state index contributed by atoms with van der Waals surface area (Å²) in [6, 6.07) is 4.01.